The molecular formula is C80H132N2O2. The number of aryl methyl sites for hydroxylation is 4. The first kappa shape index (κ1) is 71.4. The van der Waals surface area contributed by atoms with E-state index in [9.17, 15) is 0 Å². The molecule has 0 aliphatic carbocycles. The minimum atomic E-state index is 0.127. The molecule has 0 N–H and O–H groups in total. The number of fused-ring (bicyclic) bond motifs is 4. The molecule has 84 heavy (non-hydrogen) atoms. The van der Waals surface area contributed by atoms with E-state index in [-0.39, 0.29) is 10.9 Å². The first-order chi connectivity index (χ1) is 41.5. The number of rotatable bonds is 56. The van der Waals surface area contributed by atoms with Crippen molar-refractivity contribution in [2.75, 3.05) is 0 Å². The Bertz CT molecular complexity index is 2390. The normalized spacial score (nSPS) is 12.0. The van der Waals surface area contributed by atoms with Crippen LogP contribution in [0.5, 0.6) is 0 Å². The molecule has 0 aliphatic rings. The van der Waals surface area contributed by atoms with E-state index < -0.39 is 0 Å². The molecule has 0 unspecified atom stereocenters. The lowest BCUT2D eigenvalue weighted by Gasteiger charge is -2.20. The number of nitrogens with zero attached hydrogens (tertiary/aromatic N) is 2. The number of aromatic nitrogens is 2. The molecule has 0 radical (unpaired) electrons. The van der Waals surface area contributed by atoms with Gasteiger partial charge in [0.2, 0.25) is 0 Å². The maximum absolute atomic E-state index is 15.1. The van der Waals surface area contributed by atoms with Crippen molar-refractivity contribution in [2.45, 2.75) is 388 Å². The zero-order chi connectivity index (χ0) is 59.3. The summed E-state index contributed by atoms with van der Waals surface area (Å²) in [6, 6.07) is 17.9. The number of unbranched alkanes of at least 4 members (excludes halogenated alkanes) is 48. The fourth-order valence-corrected chi connectivity index (χ4v) is 14.0. The van der Waals surface area contributed by atoms with Gasteiger partial charge in [0, 0.05) is 34.6 Å². The van der Waals surface area contributed by atoms with E-state index in [0.29, 0.717) is 0 Å². The van der Waals surface area contributed by atoms with Crippen molar-refractivity contribution in [1.82, 2.24) is 9.13 Å². The van der Waals surface area contributed by atoms with Crippen LogP contribution in [0.2, 0.25) is 0 Å². The first-order valence-corrected chi connectivity index (χ1v) is 37.6. The molecule has 0 amide bonds. The van der Waals surface area contributed by atoms with Gasteiger partial charge in [-0.3, -0.25) is 9.59 Å². The summed E-state index contributed by atoms with van der Waals surface area (Å²) in [6.45, 7) is 10.9. The van der Waals surface area contributed by atoms with Crippen LogP contribution in [0.3, 0.4) is 0 Å². The highest BCUT2D eigenvalue weighted by Crippen LogP contribution is 2.30. The fourth-order valence-electron chi connectivity index (χ4n) is 14.0. The molecule has 2 aromatic heterocycles. The second kappa shape index (κ2) is 46.7. The maximum atomic E-state index is 15.1. The summed E-state index contributed by atoms with van der Waals surface area (Å²) in [5.41, 5.74) is 6.77. The number of hydrogen-bond acceptors (Lipinski definition) is 2. The molecule has 0 spiro atoms. The molecule has 3 aromatic carbocycles. The quantitative estimate of drug-likeness (QED) is 0.0288. The molecule has 0 saturated carbocycles. The minimum absolute atomic E-state index is 0.127. The lowest BCUT2D eigenvalue weighted by atomic mass is 9.99. The lowest BCUT2D eigenvalue weighted by Crippen LogP contribution is -2.16. The minimum Gasteiger partial charge on any atom is -0.340 e. The highest BCUT2D eigenvalue weighted by atomic mass is 16.1. The summed E-state index contributed by atoms with van der Waals surface area (Å²) < 4.78 is 4.89. The zero-order valence-electron chi connectivity index (χ0n) is 55.9. The van der Waals surface area contributed by atoms with Gasteiger partial charge < -0.3 is 9.13 Å². The summed E-state index contributed by atoms with van der Waals surface area (Å²) in [5, 5.41) is 3.26. The van der Waals surface area contributed by atoms with E-state index in [1.54, 1.807) is 0 Å². The predicted molar refractivity (Wildman–Crippen MR) is 375 cm³/mol. The Morgan fingerprint density at radius 3 is 0.667 bits per heavy atom. The first-order valence-electron chi connectivity index (χ1n) is 37.6. The molecule has 2 heterocycles. The van der Waals surface area contributed by atoms with Gasteiger partial charge in [-0.25, -0.2) is 0 Å². The van der Waals surface area contributed by atoms with Gasteiger partial charge in [0.1, 0.15) is 0 Å². The summed E-state index contributed by atoms with van der Waals surface area (Å²) in [6.07, 6.45) is 71.9. The summed E-state index contributed by atoms with van der Waals surface area (Å²) in [7, 11) is 0. The fraction of sp³-hybridized carbons (Fsp3) is 0.750. The molecule has 0 aliphatic heterocycles. The van der Waals surface area contributed by atoms with Gasteiger partial charge in [-0.05, 0) is 86.1 Å². The molecule has 474 valence electrons. The van der Waals surface area contributed by atoms with Gasteiger partial charge in [-0.1, -0.05) is 348 Å². The molecule has 0 saturated heterocycles. The summed E-state index contributed by atoms with van der Waals surface area (Å²) in [4.78, 5) is 30.3. The van der Waals surface area contributed by atoms with Crippen molar-refractivity contribution < 1.29 is 0 Å². The van der Waals surface area contributed by atoms with Gasteiger partial charge in [0.15, 0.2) is 10.9 Å². The van der Waals surface area contributed by atoms with E-state index in [1.165, 1.54) is 332 Å². The van der Waals surface area contributed by atoms with Crippen LogP contribution in [0.15, 0.2) is 58.1 Å². The number of benzene rings is 3. The van der Waals surface area contributed by atoms with Crippen LogP contribution in [0.4, 0.5) is 0 Å². The van der Waals surface area contributed by atoms with Crippen LogP contribution in [0.25, 0.3) is 43.6 Å². The van der Waals surface area contributed by atoms with Crippen molar-refractivity contribution in [3.63, 3.8) is 0 Å². The molecule has 0 atom stereocenters. The molecule has 0 bridgehead atoms. The van der Waals surface area contributed by atoms with Crippen molar-refractivity contribution in [3.05, 3.63) is 80.1 Å². The van der Waals surface area contributed by atoms with Crippen LogP contribution >= 0.6 is 0 Å². The predicted octanol–water partition coefficient (Wildman–Crippen LogP) is 26.1. The van der Waals surface area contributed by atoms with Crippen LogP contribution in [0.1, 0.15) is 373 Å². The third kappa shape index (κ3) is 27.7. The molecular weight excluding hydrogens is 1020 g/mol. The third-order valence-electron chi connectivity index (χ3n) is 19.5. The standard InChI is InChI=1S/C80H132N2O2/c1-5-9-13-17-21-25-29-31-33-35-37-39-41-45-49-53-57-69-59-61-75-71(65-69)79(83)73-67-78-74(68-77(73)81(75)63-55-51-47-43-27-23-19-15-11-7-3)80(84)72-66-70(58-54-50-46-42-40-38-36-34-32-30-26-22-18-14-10-6-2)60-62-76(72)82(78)64-56-52-48-44-28-24-20-16-12-8-4/h59-62,65-68H,5-58,63-64H2,1-4H3. The molecule has 0 fully saturated rings. The van der Waals surface area contributed by atoms with E-state index in [4.69, 9.17) is 0 Å². The smallest absolute Gasteiger partial charge is 0.197 e. The van der Waals surface area contributed by atoms with Crippen LogP contribution < -0.4 is 10.9 Å². The number of hydrogen-bond donors (Lipinski definition) is 0. The second-order valence-electron chi connectivity index (χ2n) is 27.0. The third-order valence-corrected chi connectivity index (χ3v) is 19.5. The Morgan fingerprint density at radius 1 is 0.226 bits per heavy atom. The molecule has 5 rings (SSSR count). The lowest BCUT2D eigenvalue weighted by molar-refractivity contribution is 0.529. The Morgan fingerprint density at radius 2 is 0.429 bits per heavy atom. The average molecular weight is 1150 g/mol. The second-order valence-corrected chi connectivity index (χ2v) is 27.0. The number of pyridine rings is 2. The van der Waals surface area contributed by atoms with Crippen molar-refractivity contribution in [1.29, 1.82) is 0 Å². The van der Waals surface area contributed by atoms with Crippen LogP contribution in [0, 0.1) is 0 Å². The van der Waals surface area contributed by atoms with Crippen molar-refractivity contribution in [2.24, 2.45) is 0 Å². The molecule has 5 aromatic rings. The molecule has 4 heteroatoms. The summed E-state index contributed by atoms with van der Waals surface area (Å²) >= 11 is 0. The van der Waals surface area contributed by atoms with Crippen LogP contribution in [-0.4, -0.2) is 9.13 Å². The Kier molecular flexibility index (Phi) is 39.7. The largest absolute Gasteiger partial charge is 0.340 e. The Labute approximate surface area is 517 Å². The SMILES string of the molecule is CCCCCCCCCCCCCCCCCCc1ccc2c(c1)c(=O)c1cc3c(cc1n2CCCCCCCCCCCC)c(=O)c1cc(CCCCCCCCCCCCCCCCCC)ccc1n3CCCCCCCCCCCC. The van der Waals surface area contributed by atoms with Crippen molar-refractivity contribution in [3.8, 4) is 0 Å². The van der Waals surface area contributed by atoms with Crippen molar-refractivity contribution >= 4 is 43.6 Å². The van der Waals surface area contributed by atoms with Gasteiger partial charge in [0.05, 0.1) is 22.1 Å². The van der Waals surface area contributed by atoms with Gasteiger partial charge in [-0.2, -0.15) is 0 Å². The Hall–Kier alpha value is -3.40. The maximum Gasteiger partial charge on any atom is 0.197 e. The molecule has 4 nitrogen and oxygen atoms in total. The van der Waals surface area contributed by atoms with E-state index in [0.717, 1.165) is 82.4 Å². The van der Waals surface area contributed by atoms with Gasteiger partial charge in [0.25, 0.3) is 0 Å². The highest BCUT2D eigenvalue weighted by Gasteiger charge is 2.18. The topological polar surface area (TPSA) is 44.0 Å². The van der Waals surface area contributed by atoms with Gasteiger partial charge >= 0.3 is 0 Å². The van der Waals surface area contributed by atoms with E-state index in [2.05, 4.69) is 85.4 Å². The highest BCUT2D eigenvalue weighted by molar-refractivity contribution is 6.04. The monoisotopic (exact) mass is 1150 g/mol. The summed E-state index contributed by atoms with van der Waals surface area (Å²) in [5.74, 6) is 0. The Balaban J connectivity index is 1.29. The van der Waals surface area contributed by atoms with E-state index >= 15 is 9.59 Å². The van der Waals surface area contributed by atoms with Crippen LogP contribution in [-0.2, 0) is 25.9 Å². The van der Waals surface area contributed by atoms with E-state index in [1.807, 2.05) is 0 Å². The zero-order valence-corrected chi connectivity index (χ0v) is 55.9. The van der Waals surface area contributed by atoms with Gasteiger partial charge in [-0.15, -0.1) is 0 Å². The average Bonchev–Trinajstić information content (AvgIpc) is 0.849.